The number of carbonyl (C=O) groups is 1. The Kier molecular flexibility index (Phi) is 6.11. The van der Waals surface area contributed by atoms with Crippen molar-refractivity contribution >= 4 is 44.6 Å². The molecule has 1 fully saturated rings. The average molecular weight is 477 g/mol. The second-order valence-electron chi connectivity index (χ2n) is 7.45. The van der Waals surface area contributed by atoms with Gasteiger partial charge in [0.1, 0.15) is 5.01 Å². The average Bonchev–Trinajstić information content (AvgIpc) is 3.39. The lowest BCUT2D eigenvalue weighted by atomic mass is 10.2. The normalized spacial score (nSPS) is 17.1. The Bertz CT molecular complexity index is 1230. The molecule has 0 bridgehead atoms. The highest BCUT2D eigenvalue weighted by atomic mass is 35.5. The van der Waals surface area contributed by atoms with Gasteiger partial charge in [-0.25, -0.2) is 8.42 Å². The summed E-state index contributed by atoms with van der Waals surface area (Å²) in [5.74, 6) is -0.396. The highest BCUT2D eigenvalue weighted by Crippen LogP contribution is 2.38. The van der Waals surface area contributed by atoms with E-state index in [9.17, 15) is 13.2 Å². The molecule has 1 atom stereocenters. The van der Waals surface area contributed by atoms with E-state index in [4.69, 9.17) is 11.6 Å². The van der Waals surface area contributed by atoms with Crippen LogP contribution < -0.4 is 5.32 Å². The summed E-state index contributed by atoms with van der Waals surface area (Å²) in [6, 6.07) is 11.6. The van der Waals surface area contributed by atoms with Crippen LogP contribution in [0, 0.1) is 13.8 Å². The van der Waals surface area contributed by atoms with Crippen LogP contribution >= 0.6 is 22.9 Å². The van der Waals surface area contributed by atoms with Crippen LogP contribution in [0.1, 0.15) is 44.8 Å². The van der Waals surface area contributed by atoms with Gasteiger partial charge in [-0.15, -0.1) is 10.2 Å². The number of aryl methyl sites for hydroxylation is 2. The number of anilines is 1. The molecule has 2 aromatic carbocycles. The summed E-state index contributed by atoms with van der Waals surface area (Å²) in [5.41, 5.74) is 2.31. The third-order valence-corrected chi connectivity index (χ3v) is 8.49. The third-order valence-electron chi connectivity index (χ3n) is 5.14. The minimum atomic E-state index is -3.69. The molecular formula is C21H21ClN4O3S2. The lowest BCUT2D eigenvalue weighted by Gasteiger charge is -2.23. The Morgan fingerprint density at radius 3 is 2.61 bits per heavy atom. The van der Waals surface area contributed by atoms with Crippen molar-refractivity contribution in [3.05, 3.63) is 68.6 Å². The van der Waals surface area contributed by atoms with Crippen molar-refractivity contribution in [1.29, 1.82) is 0 Å². The van der Waals surface area contributed by atoms with Crippen LogP contribution in [-0.4, -0.2) is 35.4 Å². The Morgan fingerprint density at radius 1 is 1.16 bits per heavy atom. The van der Waals surface area contributed by atoms with Crippen LogP contribution in [0.5, 0.6) is 0 Å². The molecule has 1 N–H and O–H groups in total. The van der Waals surface area contributed by atoms with Gasteiger partial charge in [0.2, 0.25) is 15.0 Å². The van der Waals surface area contributed by atoms with E-state index >= 15 is 0 Å². The molecule has 4 rings (SSSR count). The fraction of sp³-hybridized carbons (Fsp3) is 0.286. The summed E-state index contributed by atoms with van der Waals surface area (Å²) >= 11 is 6.98. The number of hydrogen-bond acceptors (Lipinski definition) is 6. The standard InChI is InChI=1S/C21H21ClN4O3S2/c1-13-5-10-18(14(2)12-13)31(28,29)26-11-3-4-17(26)20-24-25-21(30-20)19(27)23-16-8-6-15(22)7-9-16/h5-10,12,17H,3-4,11H2,1-2H3,(H,23,27). The van der Waals surface area contributed by atoms with Gasteiger partial charge in [0.05, 0.1) is 10.9 Å². The third kappa shape index (κ3) is 4.50. The number of nitrogens with one attached hydrogen (secondary N) is 1. The maximum absolute atomic E-state index is 13.4. The van der Waals surface area contributed by atoms with Crippen LogP contribution in [-0.2, 0) is 10.0 Å². The van der Waals surface area contributed by atoms with Crippen molar-refractivity contribution in [3.8, 4) is 0 Å². The van der Waals surface area contributed by atoms with E-state index in [1.54, 1.807) is 43.3 Å². The molecule has 0 saturated carbocycles. The highest BCUT2D eigenvalue weighted by Gasteiger charge is 2.39. The molecule has 3 aromatic rings. The molecule has 1 saturated heterocycles. The first-order valence-corrected chi connectivity index (χ1v) is 12.4. The molecule has 0 radical (unpaired) electrons. The predicted molar refractivity (Wildman–Crippen MR) is 121 cm³/mol. The summed E-state index contributed by atoms with van der Waals surface area (Å²) in [5, 5.41) is 12.2. The summed E-state index contributed by atoms with van der Waals surface area (Å²) in [7, 11) is -3.69. The first kappa shape index (κ1) is 21.9. The van der Waals surface area contributed by atoms with Gasteiger partial charge in [-0.2, -0.15) is 4.31 Å². The number of hydrogen-bond donors (Lipinski definition) is 1. The SMILES string of the molecule is Cc1ccc(S(=O)(=O)N2CCCC2c2nnc(C(=O)Nc3ccc(Cl)cc3)s2)c(C)c1. The van der Waals surface area contributed by atoms with Crippen LogP contribution in [0.3, 0.4) is 0 Å². The number of carbonyl (C=O) groups excluding carboxylic acids is 1. The van der Waals surface area contributed by atoms with Gasteiger partial charge in [0.25, 0.3) is 5.91 Å². The maximum atomic E-state index is 13.4. The van der Waals surface area contributed by atoms with E-state index in [2.05, 4.69) is 15.5 Å². The molecule has 162 valence electrons. The zero-order valence-corrected chi connectivity index (χ0v) is 19.4. The Labute approximate surface area is 190 Å². The number of amides is 1. The quantitative estimate of drug-likeness (QED) is 0.581. The van der Waals surface area contributed by atoms with E-state index < -0.39 is 22.0 Å². The van der Waals surface area contributed by atoms with Crippen molar-refractivity contribution in [1.82, 2.24) is 14.5 Å². The van der Waals surface area contributed by atoms with Gasteiger partial charge >= 0.3 is 0 Å². The van der Waals surface area contributed by atoms with Crippen molar-refractivity contribution in [3.63, 3.8) is 0 Å². The topological polar surface area (TPSA) is 92.3 Å². The minimum absolute atomic E-state index is 0.181. The fourth-order valence-electron chi connectivity index (χ4n) is 3.67. The number of rotatable bonds is 5. The summed E-state index contributed by atoms with van der Waals surface area (Å²) in [6.45, 7) is 4.14. The lowest BCUT2D eigenvalue weighted by molar-refractivity contribution is 0.102. The monoisotopic (exact) mass is 476 g/mol. The first-order valence-electron chi connectivity index (χ1n) is 9.75. The molecule has 2 heterocycles. The van der Waals surface area contributed by atoms with Gasteiger partial charge in [-0.1, -0.05) is 40.6 Å². The Hall–Kier alpha value is -2.33. The van der Waals surface area contributed by atoms with Crippen LogP contribution in [0.2, 0.25) is 5.02 Å². The van der Waals surface area contributed by atoms with Gasteiger partial charge < -0.3 is 5.32 Å². The van der Waals surface area contributed by atoms with Crippen LogP contribution in [0.25, 0.3) is 0 Å². The number of halogens is 1. The molecule has 1 aliphatic rings. The van der Waals surface area contributed by atoms with E-state index in [1.165, 1.54) is 4.31 Å². The zero-order chi connectivity index (χ0) is 22.2. The summed E-state index contributed by atoms with van der Waals surface area (Å²) in [4.78, 5) is 12.8. The molecule has 0 spiro atoms. The smallest absolute Gasteiger partial charge is 0.286 e. The number of nitrogens with zero attached hydrogens (tertiary/aromatic N) is 3. The van der Waals surface area contributed by atoms with Crippen LogP contribution in [0.4, 0.5) is 5.69 Å². The molecular weight excluding hydrogens is 456 g/mol. The molecule has 1 amide bonds. The van der Waals surface area contributed by atoms with Gasteiger partial charge in [0.15, 0.2) is 0 Å². The molecule has 7 nitrogen and oxygen atoms in total. The highest BCUT2D eigenvalue weighted by molar-refractivity contribution is 7.89. The van der Waals surface area contributed by atoms with Gasteiger partial charge in [-0.05, 0) is 62.6 Å². The number of aromatic nitrogens is 2. The van der Waals surface area contributed by atoms with Gasteiger partial charge in [-0.3, -0.25) is 4.79 Å². The van der Waals surface area contributed by atoms with E-state index in [-0.39, 0.29) is 5.01 Å². The lowest BCUT2D eigenvalue weighted by Crippen LogP contribution is -2.31. The molecule has 1 aromatic heterocycles. The van der Waals surface area contributed by atoms with E-state index in [0.29, 0.717) is 39.1 Å². The van der Waals surface area contributed by atoms with E-state index in [1.807, 2.05) is 13.0 Å². The summed E-state index contributed by atoms with van der Waals surface area (Å²) in [6.07, 6.45) is 1.36. The molecule has 10 heteroatoms. The molecule has 1 aliphatic heterocycles. The second kappa shape index (κ2) is 8.66. The van der Waals surface area contributed by atoms with Crippen LogP contribution in [0.15, 0.2) is 47.4 Å². The van der Waals surface area contributed by atoms with Crippen molar-refractivity contribution < 1.29 is 13.2 Å². The molecule has 31 heavy (non-hydrogen) atoms. The fourth-order valence-corrected chi connectivity index (χ4v) is 6.62. The number of sulfonamides is 1. The zero-order valence-electron chi connectivity index (χ0n) is 17.0. The predicted octanol–water partition coefficient (Wildman–Crippen LogP) is 4.59. The van der Waals surface area contributed by atoms with Crippen molar-refractivity contribution in [2.75, 3.05) is 11.9 Å². The largest absolute Gasteiger partial charge is 0.320 e. The second-order valence-corrected chi connectivity index (χ2v) is 10.8. The van der Waals surface area contributed by atoms with E-state index in [0.717, 1.165) is 23.3 Å². The van der Waals surface area contributed by atoms with Crippen molar-refractivity contribution in [2.45, 2.75) is 37.6 Å². The number of benzene rings is 2. The Balaban J connectivity index is 1.56. The minimum Gasteiger partial charge on any atom is -0.320 e. The Morgan fingerprint density at radius 2 is 1.90 bits per heavy atom. The summed E-state index contributed by atoms with van der Waals surface area (Å²) < 4.78 is 28.2. The molecule has 0 aliphatic carbocycles. The first-order chi connectivity index (χ1) is 14.8. The van der Waals surface area contributed by atoms with Crippen molar-refractivity contribution in [2.24, 2.45) is 0 Å². The maximum Gasteiger partial charge on any atom is 0.286 e. The van der Waals surface area contributed by atoms with Gasteiger partial charge in [0, 0.05) is 17.3 Å². The molecule has 1 unspecified atom stereocenters.